The summed E-state index contributed by atoms with van der Waals surface area (Å²) in [5.41, 5.74) is 1.04. The number of rotatable bonds is 3. The lowest BCUT2D eigenvalue weighted by atomic mass is 10.0. The lowest BCUT2D eigenvalue weighted by molar-refractivity contribution is 0.0926. The van der Waals surface area contributed by atoms with E-state index in [0.29, 0.717) is 16.4 Å². The third-order valence-electron chi connectivity index (χ3n) is 4.08. The highest BCUT2D eigenvalue weighted by molar-refractivity contribution is 6.44. The first-order valence-corrected chi connectivity index (χ1v) is 8.32. The number of aromatic amines is 1. The van der Waals surface area contributed by atoms with Crippen molar-refractivity contribution in [1.82, 2.24) is 15.3 Å². The molecule has 0 saturated carbocycles. The SMILES string of the molecule is Cc1[nH]c(C(=O)NC2CCN(c3ccccn3)CC2)c(Cl)c1Cl. The molecular weight excluding hydrogens is 335 g/mol. The van der Waals surface area contributed by atoms with Gasteiger partial charge in [0.15, 0.2) is 0 Å². The topological polar surface area (TPSA) is 61.0 Å². The van der Waals surface area contributed by atoms with Gasteiger partial charge in [0.1, 0.15) is 11.5 Å². The highest BCUT2D eigenvalue weighted by Gasteiger charge is 2.24. The molecule has 7 heteroatoms. The number of carbonyl (C=O) groups excluding carboxylic acids is 1. The number of pyridine rings is 1. The van der Waals surface area contributed by atoms with Gasteiger partial charge in [-0.25, -0.2) is 4.98 Å². The molecular formula is C16H18Cl2N4O. The zero-order valence-electron chi connectivity index (χ0n) is 12.8. The van der Waals surface area contributed by atoms with E-state index in [9.17, 15) is 4.79 Å². The van der Waals surface area contributed by atoms with Crippen LogP contribution in [0.15, 0.2) is 24.4 Å². The van der Waals surface area contributed by atoms with Crippen LogP contribution in [-0.2, 0) is 0 Å². The monoisotopic (exact) mass is 352 g/mol. The fourth-order valence-corrected chi connectivity index (χ4v) is 3.20. The first kappa shape index (κ1) is 16.1. The van der Waals surface area contributed by atoms with E-state index >= 15 is 0 Å². The molecule has 2 aromatic rings. The van der Waals surface area contributed by atoms with E-state index in [-0.39, 0.29) is 17.0 Å². The predicted molar refractivity (Wildman–Crippen MR) is 92.5 cm³/mol. The Labute approximate surface area is 145 Å². The van der Waals surface area contributed by atoms with Crippen LogP contribution in [-0.4, -0.2) is 35.0 Å². The standard InChI is InChI=1S/C16H18Cl2N4O/c1-10-13(17)14(18)15(20-10)16(23)21-11-5-8-22(9-6-11)12-4-2-3-7-19-12/h2-4,7,11,20H,5-6,8-9H2,1H3,(H,21,23). The minimum absolute atomic E-state index is 0.126. The van der Waals surface area contributed by atoms with Crippen molar-refractivity contribution < 1.29 is 4.79 Å². The molecule has 0 spiro atoms. The molecule has 0 unspecified atom stereocenters. The highest BCUT2D eigenvalue weighted by atomic mass is 35.5. The number of hydrogen-bond donors (Lipinski definition) is 2. The Balaban J connectivity index is 1.58. The van der Waals surface area contributed by atoms with Gasteiger partial charge >= 0.3 is 0 Å². The predicted octanol–water partition coefficient (Wildman–Crippen LogP) is 3.42. The molecule has 0 aliphatic carbocycles. The normalized spacial score (nSPS) is 15.7. The number of aryl methyl sites for hydroxylation is 1. The zero-order valence-corrected chi connectivity index (χ0v) is 14.3. The molecule has 3 rings (SSSR count). The van der Waals surface area contributed by atoms with Gasteiger partial charge in [-0.1, -0.05) is 29.3 Å². The van der Waals surface area contributed by atoms with Gasteiger partial charge in [0.2, 0.25) is 0 Å². The molecule has 5 nitrogen and oxygen atoms in total. The van der Waals surface area contributed by atoms with Crippen LogP contribution in [0.4, 0.5) is 5.82 Å². The third kappa shape index (κ3) is 3.46. The number of anilines is 1. The second-order valence-corrected chi connectivity index (χ2v) is 6.43. The zero-order chi connectivity index (χ0) is 16.4. The summed E-state index contributed by atoms with van der Waals surface area (Å²) in [7, 11) is 0. The molecule has 2 aromatic heterocycles. The van der Waals surface area contributed by atoms with Crippen molar-refractivity contribution in [3.63, 3.8) is 0 Å². The van der Waals surface area contributed by atoms with Crippen molar-refractivity contribution in [3.8, 4) is 0 Å². The Hall–Kier alpha value is -1.72. The van der Waals surface area contributed by atoms with Crippen molar-refractivity contribution >= 4 is 34.9 Å². The van der Waals surface area contributed by atoms with Crippen LogP contribution in [0.3, 0.4) is 0 Å². The summed E-state index contributed by atoms with van der Waals surface area (Å²) in [6.07, 6.45) is 3.53. The number of nitrogens with one attached hydrogen (secondary N) is 2. The molecule has 2 N–H and O–H groups in total. The molecule has 3 heterocycles. The molecule has 122 valence electrons. The Morgan fingerprint density at radius 2 is 2.04 bits per heavy atom. The summed E-state index contributed by atoms with van der Waals surface area (Å²) in [4.78, 5) is 21.9. The smallest absolute Gasteiger partial charge is 0.269 e. The largest absolute Gasteiger partial charge is 0.356 e. The number of aromatic nitrogens is 2. The van der Waals surface area contributed by atoms with Crippen LogP contribution < -0.4 is 10.2 Å². The van der Waals surface area contributed by atoms with Gasteiger partial charge < -0.3 is 15.2 Å². The maximum absolute atomic E-state index is 12.3. The van der Waals surface area contributed by atoms with Gasteiger partial charge in [-0.3, -0.25) is 4.79 Å². The van der Waals surface area contributed by atoms with Gasteiger partial charge in [-0.05, 0) is 31.9 Å². The van der Waals surface area contributed by atoms with E-state index in [0.717, 1.165) is 31.7 Å². The Bertz CT molecular complexity index is 694. The summed E-state index contributed by atoms with van der Waals surface area (Å²) in [5, 5.41) is 3.72. The highest BCUT2D eigenvalue weighted by Crippen LogP contribution is 2.29. The second kappa shape index (κ2) is 6.81. The number of carbonyl (C=O) groups is 1. The van der Waals surface area contributed by atoms with Crippen molar-refractivity contribution in [2.24, 2.45) is 0 Å². The number of H-pyrrole nitrogens is 1. The number of hydrogen-bond acceptors (Lipinski definition) is 3. The minimum atomic E-state index is -0.207. The Morgan fingerprint density at radius 3 is 2.61 bits per heavy atom. The number of nitrogens with zero attached hydrogens (tertiary/aromatic N) is 2. The van der Waals surface area contributed by atoms with E-state index in [1.165, 1.54) is 0 Å². The molecule has 23 heavy (non-hydrogen) atoms. The quantitative estimate of drug-likeness (QED) is 0.889. The molecule has 1 saturated heterocycles. The van der Waals surface area contributed by atoms with Gasteiger partial charge in [-0.2, -0.15) is 0 Å². The average molecular weight is 353 g/mol. The summed E-state index contributed by atoms with van der Waals surface area (Å²) in [5.74, 6) is 0.772. The Morgan fingerprint density at radius 1 is 1.30 bits per heavy atom. The summed E-state index contributed by atoms with van der Waals surface area (Å²) in [6.45, 7) is 3.51. The van der Waals surface area contributed by atoms with Crippen molar-refractivity contribution in [1.29, 1.82) is 0 Å². The first-order valence-electron chi connectivity index (χ1n) is 7.56. The molecule has 1 amide bonds. The van der Waals surface area contributed by atoms with Crippen LogP contribution in [0.5, 0.6) is 0 Å². The first-order chi connectivity index (χ1) is 11.1. The van der Waals surface area contributed by atoms with Gasteiger partial charge in [0.25, 0.3) is 5.91 Å². The molecule has 1 aliphatic heterocycles. The van der Waals surface area contributed by atoms with Crippen LogP contribution in [0.25, 0.3) is 0 Å². The number of amides is 1. The maximum Gasteiger partial charge on any atom is 0.269 e. The fraction of sp³-hybridized carbons (Fsp3) is 0.375. The average Bonchev–Trinajstić information content (AvgIpc) is 2.84. The van der Waals surface area contributed by atoms with Crippen molar-refractivity contribution in [2.75, 3.05) is 18.0 Å². The summed E-state index contributed by atoms with van der Waals surface area (Å²) in [6, 6.07) is 6.02. The maximum atomic E-state index is 12.3. The van der Waals surface area contributed by atoms with E-state index in [4.69, 9.17) is 23.2 Å². The van der Waals surface area contributed by atoms with Gasteiger partial charge in [0.05, 0.1) is 10.0 Å². The van der Waals surface area contributed by atoms with E-state index in [2.05, 4.69) is 20.2 Å². The lowest BCUT2D eigenvalue weighted by Crippen LogP contribution is -2.45. The van der Waals surface area contributed by atoms with Crippen LogP contribution >= 0.6 is 23.2 Å². The second-order valence-electron chi connectivity index (χ2n) is 5.68. The van der Waals surface area contributed by atoms with E-state index in [1.54, 1.807) is 13.1 Å². The molecule has 1 aliphatic rings. The fourth-order valence-electron chi connectivity index (χ4n) is 2.78. The van der Waals surface area contributed by atoms with Gasteiger partial charge in [-0.15, -0.1) is 0 Å². The van der Waals surface area contributed by atoms with E-state index in [1.807, 2.05) is 18.2 Å². The van der Waals surface area contributed by atoms with Crippen LogP contribution in [0.1, 0.15) is 29.0 Å². The van der Waals surface area contributed by atoms with Crippen LogP contribution in [0, 0.1) is 6.92 Å². The van der Waals surface area contributed by atoms with Crippen LogP contribution in [0.2, 0.25) is 10.0 Å². The van der Waals surface area contributed by atoms with E-state index < -0.39 is 0 Å². The summed E-state index contributed by atoms with van der Waals surface area (Å²) >= 11 is 12.1. The molecule has 0 aromatic carbocycles. The lowest BCUT2D eigenvalue weighted by Gasteiger charge is -2.33. The van der Waals surface area contributed by atoms with Crippen molar-refractivity contribution in [3.05, 3.63) is 45.8 Å². The third-order valence-corrected chi connectivity index (χ3v) is 5.03. The molecule has 1 fully saturated rings. The molecule has 0 radical (unpaired) electrons. The number of halogens is 2. The molecule has 0 atom stereocenters. The Kier molecular flexibility index (Phi) is 4.78. The summed E-state index contributed by atoms with van der Waals surface area (Å²) < 4.78 is 0. The van der Waals surface area contributed by atoms with Gasteiger partial charge in [0, 0.05) is 31.0 Å². The number of piperidine rings is 1. The minimum Gasteiger partial charge on any atom is -0.356 e. The van der Waals surface area contributed by atoms with Crippen molar-refractivity contribution in [2.45, 2.75) is 25.8 Å². The molecule has 0 bridgehead atoms.